The molecule has 0 spiro atoms. The Labute approximate surface area is 189 Å². The van der Waals surface area contributed by atoms with Gasteiger partial charge in [-0.25, -0.2) is 4.98 Å². The van der Waals surface area contributed by atoms with Crippen molar-refractivity contribution in [2.75, 3.05) is 13.7 Å². The number of nitrogens with one attached hydrogen (secondary N) is 3. The number of thioether (sulfide) groups is 1. The maximum absolute atomic E-state index is 12.4. The molecule has 0 fully saturated rings. The van der Waals surface area contributed by atoms with Crippen LogP contribution in [0.15, 0.2) is 70.7 Å². The van der Waals surface area contributed by atoms with Crippen molar-refractivity contribution in [3.05, 3.63) is 88.0 Å². The molecule has 0 atom stereocenters. The van der Waals surface area contributed by atoms with E-state index in [1.165, 1.54) is 17.8 Å². The van der Waals surface area contributed by atoms with Gasteiger partial charge in [0.25, 0.3) is 5.56 Å². The SMILES string of the molecule is COc1cccc(CSc2nc(CC(=O)NCCc3c[nH]c4ccccc34)cc(=O)[nH]2)c1. The number of carbonyl (C=O) groups is 1. The minimum atomic E-state index is -0.269. The number of ether oxygens (including phenoxy) is 1. The monoisotopic (exact) mass is 448 g/mol. The third-order valence-electron chi connectivity index (χ3n) is 5.02. The number of aromatic amines is 2. The summed E-state index contributed by atoms with van der Waals surface area (Å²) in [5.41, 5.74) is 3.48. The zero-order chi connectivity index (χ0) is 22.3. The molecule has 4 aromatic rings. The zero-order valence-corrected chi connectivity index (χ0v) is 18.5. The first-order valence-electron chi connectivity index (χ1n) is 10.3. The fourth-order valence-electron chi connectivity index (χ4n) is 3.46. The summed E-state index contributed by atoms with van der Waals surface area (Å²) in [6.45, 7) is 0.515. The maximum Gasteiger partial charge on any atom is 0.251 e. The number of methoxy groups -OCH3 is 1. The van der Waals surface area contributed by atoms with Gasteiger partial charge in [-0.1, -0.05) is 42.1 Å². The molecular formula is C24H24N4O3S. The van der Waals surface area contributed by atoms with Crippen LogP contribution in [0.2, 0.25) is 0 Å². The van der Waals surface area contributed by atoms with Gasteiger partial charge in [-0.3, -0.25) is 9.59 Å². The summed E-state index contributed by atoms with van der Waals surface area (Å²) >= 11 is 1.41. The molecule has 2 aromatic heterocycles. The van der Waals surface area contributed by atoms with Gasteiger partial charge in [0.05, 0.1) is 19.2 Å². The van der Waals surface area contributed by atoms with E-state index in [-0.39, 0.29) is 17.9 Å². The average molecular weight is 449 g/mol. The van der Waals surface area contributed by atoms with Gasteiger partial charge in [-0.05, 0) is 35.7 Å². The molecule has 0 aliphatic rings. The molecule has 8 heteroatoms. The van der Waals surface area contributed by atoms with Gasteiger partial charge in [0, 0.05) is 35.5 Å². The molecule has 164 valence electrons. The summed E-state index contributed by atoms with van der Waals surface area (Å²) in [6, 6.07) is 17.2. The van der Waals surface area contributed by atoms with Gasteiger partial charge in [-0.15, -0.1) is 0 Å². The lowest BCUT2D eigenvalue weighted by Gasteiger charge is -2.07. The number of benzene rings is 2. The highest BCUT2D eigenvalue weighted by molar-refractivity contribution is 7.98. The second-order valence-electron chi connectivity index (χ2n) is 7.32. The van der Waals surface area contributed by atoms with Gasteiger partial charge >= 0.3 is 0 Å². The van der Waals surface area contributed by atoms with Crippen molar-refractivity contribution in [2.45, 2.75) is 23.8 Å². The van der Waals surface area contributed by atoms with Gasteiger partial charge in [0.15, 0.2) is 5.16 Å². The Kier molecular flexibility index (Phi) is 6.91. The molecule has 1 amide bonds. The van der Waals surface area contributed by atoms with E-state index in [4.69, 9.17) is 4.74 Å². The first kappa shape index (κ1) is 21.7. The molecular weight excluding hydrogens is 424 g/mol. The lowest BCUT2D eigenvalue weighted by molar-refractivity contribution is -0.120. The smallest absolute Gasteiger partial charge is 0.251 e. The Bertz CT molecular complexity index is 1280. The quantitative estimate of drug-likeness (QED) is 0.269. The molecule has 0 bridgehead atoms. The summed E-state index contributed by atoms with van der Waals surface area (Å²) in [5, 5.41) is 4.57. The Hall–Kier alpha value is -3.52. The number of H-pyrrole nitrogens is 2. The van der Waals surface area contributed by atoms with E-state index < -0.39 is 0 Å². The first-order chi connectivity index (χ1) is 15.6. The van der Waals surface area contributed by atoms with Crippen LogP contribution in [0.1, 0.15) is 16.8 Å². The van der Waals surface area contributed by atoms with Gasteiger partial charge in [0.2, 0.25) is 5.91 Å². The highest BCUT2D eigenvalue weighted by Crippen LogP contribution is 2.21. The number of hydrogen-bond donors (Lipinski definition) is 3. The van der Waals surface area contributed by atoms with Crippen LogP contribution >= 0.6 is 11.8 Å². The molecule has 4 rings (SSSR count). The fourth-order valence-corrected chi connectivity index (χ4v) is 4.30. The molecule has 0 aliphatic heterocycles. The molecule has 0 unspecified atom stereocenters. The van der Waals surface area contributed by atoms with E-state index in [0.717, 1.165) is 34.2 Å². The van der Waals surface area contributed by atoms with Crippen molar-refractivity contribution in [3.8, 4) is 5.75 Å². The van der Waals surface area contributed by atoms with Gasteiger partial charge < -0.3 is 20.0 Å². The van der Waals surface area contributed by atoms with Crippen LogP contribution in [-0.2, 0) is 23.4 Å². The molecule has 0 saturated carbocycles. The Morgan fingerprint density at radius 2 is 2.03 bits per heavy atom. The Balaban J connectivity index is 1.31. The largest absolute Gasteiger partial charge is 0.497 e. The van der Waals surface area contributed by atoms with Crippen molar-refractivity contribution in [1.82, 2.24) is 20.3 Å². The maximum atomic E-state index is 12.4. The number of hydrogen-bond acceptors (Lipinski definition) is 5. The number of aromatic nitrogens is 3. The predicted molar refractivity (Wildman–Crippen MR) is 126 cm³/mol. The summed E-state index contributed by atoms with van der Waals surface area (Å²) in [4.78, 5) is 34.8. The van der Waals surface area contributed by atoms with Gasteiger partial charge in [0.1, 0.15) is 5.75 Å². The minimum Gasteiger partial charge on any atom is -0.497 e. The minimum absolute atomic E-state index is 0.0600. The van der Waals surface area contributed by atoms with Crippen LogP contribution in [0.4, 0.5) is 0 Å². The van der Waals surface area contributed by atoms with Crippen molar-refractivity contribution < 1.29 is 9.53 Å². The molecule has 2 heterocycles. The highest BCUT2D eigenvalue weighted by atomic mass is 32.2. The lowest BCUT2D eigenvalue weighted by Crippen LogP contribution is -2.28. The summed E-state index contributed by atoms with van der Waals surface area (Å²) < 4.78 is 5.24. The van der Waals surface area contributed by atoms with Crippen LogP contribution < -0.4 is 15.6 Å². The lowest BCUT2D eigenvalue weighted by atomic mass is 10.1. The molecule has 0 radical (unpaired) electrons. The normalized spacial score (nSPS) is 10.9. The average Bonchev–Trinajstić information content (AvgIpc) is 3.20. The van der Waals surface area contributed by atoms with E-state index in [2.05, 4.69) is 26.3 Å². The molecule has 2 aromatic carbocycles. The van der Waals surface area contributed by atoms with Crippen LogP contribution in [0, 0.1) is 0 Å². The van der Waals surface area contributed by atoms with E-state index in [9.17, 15) is 9.59 Å². The molecule has 32 heavy (non-hydrogen) atoms. The molecule has 0 aliphatic carbocycles. The van der Waals surface area contributed by atoms with E-state index >= 15 is 0 Å². The third kappa shape index (κ3) is 5.59. The number of rotatable bonds is 9. The Morgan fingerprint density at radius 1 is 1.16 bits per heavy atom. The third-order valence-corrected chi connectivity index (χ3v) is 5.96. The summed E-state index contributed by atoms with van der Waals surface area (Å²) in [6.07, 6.45) is 2.76. The Morgan fingerprint density at radius 3 is 2.91 bits per heavy atom. The topological polar surface area (TPSA) is 99.9 Å². The predicted octanol–water partition coefficient (Wildman–Crippen LogP) is 3.45. The number of nitrogens with zero attached hydrogens (tertiary/aromatic N) is 1. The molecule has 0 saturated heterocycles. The number of carbonyl (C=O) groups excluding carboxylic acids is 1. The van der Waals surface area contributed by atoms with E-state index in [0.29, 0.717) is 23.1 Å². The molecule has 3 N–H and O–H groups in total. The summed E-state index contributed by atoms with van der Waals surface area (Å²) in [5.74, 6) is 1.25. The number of fused-ring (bicyclic) bond motifs is 1. The second-order valence-corrected chi connectivity index (χ2v) is 8.28. The first-order valence-corrected chi connectivity index (χ1v) is 11.3. The van der Waals surface area contributed by atoms with Crippen LogP contribution in [0.3, 0.4) is 0 Å². The van der Waals surface area contributed by atoms with Crippen LogP contribution in [-0.4, -0.2) is 34.5 Å². The second kappa shape index (κ2) is 10.2. The standard InChI is InChI=1S/C24H24N4O3S/c1-31-19-6-4-5-16(11-19)15-32-24-27-18(13-23(30)28-24)12-22(29)25-10-9-17-14-26-21-8-3-2-7-20(17)21/h2-8,11,13-14,26H,9-10,12,15H2,1H3,(H,25,29)(H,27,28,30). The van der Waals surface area contributed by atoms with Crippen LogP contribution in [0.5, 0.6) is 5.75 Å². The van der Waals surface area contributed by atoms with Crippen molar-refractivity contribution >= 4 is 28.6 Å². The fraction of sp³-hybridized carbons (Fsp3) is 0.208. The van der Waals surface area contributed by atoms with Crippen molar-refractivity contribution in [1.29, 1.82) is 0 Å². The zero-order valence-electron chi connectivity index (χ0n) is 17.7. The highest BCUT2D eigenvalue weighted by Gasteiger charge is 2.09. The van der Waals surface area contributed by atoms with E-state index in [1.54, 1.807) is 7.11 Å². The van der Waals surface area contributed by atoms with Gasteiger partial charge in [-0.2, -0.15) is 0 Å². The number of amides is 1. The van der Waals surface area contributed by atoms with Crippen LogP contribution in [0.25, 0.3) is 10.9 Å². The number of para-hydroxylation sites is 1. The van der Waals surface area contributed by atoms with Crippen molar-refractivity contribution in [3.63, 3.8) is 0 Å². The van der Waals surface area contributed by atoms with E-state index in [1.807, 2.05) is 48.7 Å². The summed E-state index contributed by atoms with van der Waals surface area (Å²) in [7, 11) is 1.63. The molecule has 7 nitrogen and oxygen atoms in total. The van der Waals surface area contributed by atoms with Crippen molar-refractivity contribution in [2.24, 2.45) is 0 Å².